The van der Waals surface area contributed by atoms with Crippen molar-refractivity contribution in [2.45, 2.75) is 26.3 Å². The van der Waals surface area contributed by atoms with Gasteiger partial charge in [0.05, 0.1) is 6.42 Å². The molecule has 0 saturated heterocycles. The molecule has 100 valence electrons. The van der Waals surface area contributed by atoms with E-state index >= 15 is 0 Å². The molecular weight excluding hydrogens is 240 g/mol. The monoisotopic (exact) mass is 257 g/mol. The fourth-order valence-electron chi connectivity index (χ4n) is 1.68. The molecule has 0 saturated carbocycles. The summed E-state index contributed by atoms with van der Waals surface area (Å²) in [5.74, 6) is -1.84. The van der Waals surface area contributed by atoms with Gasteiger partial charge in [-0.1, -0.05) is 0 Å². The largest absolute Gasteiger partial charge is 0.481 e. The summed E-state index contributed by atoms with van der Waals surface area (Å²) in [5.41, 5.74) is 0.502. The highest BCUT2D eigenvalue weighted by atomic mass is 19.1. The number of carbonyl (C=O) groups is 1. The molecule has 1 aromatic carbocycles. The Bertz CT molecular complexity index is 449. The second-order valence-corrected chi connectivity index (χ2v) is 4.42. The molecule has 0 spiro atoms. The molecule has 3 nitrogen and oxygen atoms in total. The average Bonchev–Trinajstić information content (AvgIpc) is 2.29. The predicted molar refractivity (Wildman–Crippen MR) is 64.4 cm³/mol. The second-order valence-electron chi connectivity index (χ2n) is 4.42. The second kappa shape index (κ2) is 5.91. The highest BCUT2D eigenvalue weighted by Gasteiger charge is 2.18. The number of rotatable bonds is 5. The summed E-state index contributed by atoms with van der Waals surface area (Å²) in [6.45, 7) is 3.50. The van der Waals surface area contributed by atoms with E-state index in [0.717, 1.165) is 6.07 Å². The molecule has 0 aliphatic heterocycles. The van der Waals surface area contributed by atoms with Crippen LogP contribution >= 0.6 is 0 Å². The van der Waals surface area contributed by atoms with Gasteiger partial charge in [0.2, 0.25) is 0 Å². The van der Waals surface area contributed by atoms with Crippen LogP contribution in [0.5, 0.6) is 0 Å². The maximum Gasteiger partial charge on any atom is 0.304 e. The minimum Gasteiger partial charge on any atom is -0.481 e. The van der Waals surface area contributed by atoms with Gasteiger partial charge in [0, 0.05) is 18.2 Å². The Kier molecular flexibility index (Phi) is 4.78. The Morgan fingerprint density at radius 1 is 1.39 bits per heavy atom. The van der Waals surface area contributed by atoms with Crippen molar-refractivity contribution in [3.63, 3.8) is 0 Å². The maximum atomic E-state index is 13.7. The van der Waals surface area contributed by atoms with Crippen molar-refractivity contribution in [2.24, 2.45) is 0 Å². The van der Waals surface area contributed by atoms with Crippen LogP contribution in [0.2, 0.25) is 0 Å². The molecule has 1 rings (SSSR count). The van der Waals surface area contributed by atoms with Gasteiger partial charge in [-0.25, -0.2) is 8.78 Å². The molecule has 0 fully saturated rings. The number of hydrogen-bond donors (Lipinski definition) is 1. The van der Waals surface area contributed by atoms with Gasteiger partial charge in [0.25, 0.3) is 0 Å². The smallest absolute Gasteiger partial charge is 0.304 e. The lowest BCUT2D eigenvalue weighted by atomic mass is 10.0. The van der Waals surface area contributed by atoms with Gasteiger partial charge >= 0.3 is 5.97 Å². The molecule has 1 N–H and O–H groups in total. The van der Waals surface area contributed by atoms with E-state index in [4.69, 9.17) is 5.11 Å². The predicted octanol–water partition coefficient (Wildman–Crippen LogP) is 2.74. The number of carboxylic acids is 1. The first kappa shape index (κ1) is 14.6. The molecule has 1 atom stereocenters. The first-order chi connectivity index (χ1) is 8.32. The minimum atomic E-state index is -0.912. The molecule has 18 heavy (non-hydrogen) atoms. The Morgan fingerprint density at radius 2 is 2.00 bits per heavy atom. The van der Waals surface area contributed by atoms with E-state index in [2.05, 4.69) is 0 Å². The van der Waals surface area contributed by atoms with E-state index in [9.17, 15) is 13.6 Å². The molecule has 0 bridgehead atoms. The van der Waals surface area contributed by atoms with Crippen LogP contribution in [0.25, 0.3) is 0 Å². The SMILES string of the molecule is Cc1cc(F)c(C(C)N(C)CCC(=O)O)cc1F. The molecule has 5 heteroatoms. The molecule has 0 aromatic heterocycles. The van der Waals surface area contributed by atoms with E-state index in [1.54, 1.807) is 18.9 Å². The van der Waals surface area contributed by atoms with Gasteiger partial charge in [-0.05, 0) is 38.6 Å². The number of halogens is 2. The highest BCUT2D eigenvalue weighted by Crippen LogP contribution is 2.24. The Hall–Kier alpha value is -1.49. The standard InChI is InChI=1S/C13H17F2NO2/c1-8-6-12(15)10(7-11(8)14)9(2)16(3)5-4-13(17)18/h6-7,9H,4-5H2,1-3H3,(H,17,18). The molecule has 1 aromatic rings. The maximum absolute atomic E-state index is 13.7. The molecule has 0 aliphatic rings. The lowest BCUT2D eigenvalue weighted by molar-refractivity contribution is -0.137. The van der Waals surface area contributed by atoms with Gasteiger partial charge in [0.1, 0.15) is 11.6 Å². The van der Waals surface area contributed by atoms with E-state index in [1.165, 1.54) is 13.0 Å². The van der Waals surface area contributed by atoms with Crippen molar-refractivity contribution in [3.8, 4) is 0 Å². The average molecular weight is 257 g/mol. The van der Waals surface area contributed by atoms with Crippen LogP contribution in [0.15, 0.2) is 12.1 Å². The fraction of sp³-hybridized carbons (Fsp3) is 0.462. The summed E-state index contributed by atoms with van der Waals surface area (Å²) in [5, 5.41) is 8.59. The molecule has 0 heterocycles. The van der Waals surface area contributed by atoms with Gasteiger partial charge in [-0.3, -0.25) is 9.69 Å². The van der Waals surface area contributed by atoms with Gasteiger partial charge in [0.15, 0.2) is 0 Å². The molecular formula is C13H17F2NO2. The van der Waals surface area contributed by atoms with Crippen molar-refractivity contribution < 1.29 is 18.7 Å². The van der Waals surface area contributed by atoms with Gasteiger partial charge < -0.3 is 5.11 Å². The van der Waals surface area contributed by atoms with Crippen molar-refractivity contribution in [2.75, 3.05) is 13.6 Å². The fourth-order valence-corrected chi connectivity index (χ4v) is 1.68. The van der Waals surface area contributed by atoms with Gasteiger partial charge in [-0.15, -0.1) is 0 Å². The summed E-state index contributed by atoms with van der Waals surface area (Å²) in [4.78, 5) is 12.1. The van der Waals surface area contributed by atoms with E-state index in [1.807, 2.05) is 0 Å². The van der Waals surface area contributed by atoms with Crippen LogP contribution in [0.3, 0.4) is 0 Å². The first-order valence-electron chi connectivity index (χ1n) is 5.70. The zero-order valence-corrected chi connectivity index (χ0v) is 10.7. The number of aliphatic carboxylic acids is 1. The van der Waals surface area contributed by atoms with Crippen LogP contribution in [0.1, 0.15) is 30.5 Å². The Morgan fingerprint density at radius 3 is 2.56 bits per heavy atom. The third-order valence-corrected chi connectivity index (χ3v) is 3.07. The summed E-state index contributed by atoms with van der Waals surface area (Å²) < 4.78 is 27.1. The Balaban J connectivity index is 2.86. The van der Waals surface area contributed by atoms with E-state index in [0.29, 0.717) is 0 Å². The molecule has 0 aliphatic carbocycles. The normalized spacial score (nSPS) is 12.8. The van der Waals surface area contributed by atoms with Crippen molar-refractivity contribution >= 4 is 5.97 Å². The lowest BCUT2D eigenvalue weighted by Gasteiger charge is -2.25. The summed E-state index contributed by atoms with van der Waals surface area (Å²) >= 11 is 0. The van der Waals surface area contributed by atoms with Crippen molar-refractivity contribution in [1.82, 2.24) is 4.90 Å². The number of nitrogens with zero attached hydrogens (tertiary/aromatic N) is 1. The third-order valence-electron chi connectivity index (χ3n) is 3.07. The zero-order chi connectivity index (χ0) is 13.9. The van der Waals surface area contributed by atoms with E-state index < -0.39 is 17.6 Å². The summed E-state index contributed by atoms with van der Waals surface area (Å²) in [6.07, 6.45) is -0.0309. The first-order valence-corrected chi connectivity index (χ1v) is 5.70. The van der Waals surface area contributed by atoms with E-state index in [-0.39, 0.29) is 30.1 Å². The third kappa shape index (κ3) is 3.50. The number of hydrogen-bond acceptors (Lipinski definition) is 2. The number of benzene rings is 1. The topological polar surface area (TPSA) is 40.5 Å². The van der Waals surface area contributed by atoms with Crippen molar-refractivity contribution in [3.05, 3.63) is 34.9 Å². The molecule has 0 amide bonds. The number of carboxylic acid groups (broad SMARTS) is 1. The van der Waals surface area contributed by atoms with Crippen LogP contribution in [-0.4, -0.2) is 29.6 Å². The van der Waals surface area contributed by atoms with Gasteiger partial charge in [-0.2, -0.15) is 0 Å². The van der Waals surface area contributed by atoms with Crippen LogP contribution in [-0.2, 0) is 4.79 Å². The lowest BCUT2D eigenvalue weighted by Crippen LogP contribution is -2.26. The minimum absolute atomic E-state index is 0.0309. The zero-order valence-electron chi connectivity index (χ0n) is 10.7. The number of aryl methyl sites for hydroxylation is 1. The van der Waals surface area contributed by atoms with Crippen LogP contribution in [0.4, 0.5) is 8.78 Å². The van der Waals surface area contributed by atoms with Crippen LogP contribution in [0, 0.1) is 18.6 Å². The molecule has 0 radical (unpaired) electrons. The van der Waals surface area contributed by atoms with Crippen LogP contribution < -0.4 is 0 Å². The summed E-state index contributed by atoms with van der Waals surface area (Å²) in [6, 6.07) is 1.96. The molecule has 1 unspecified atom stereocenters. The summed E-state index contributed by atoms with van der Waals surface area (Å²) in [7, 11) is 1.69. The Labute approximate surface area is 105 Å². The van der Waals surface area contributed by atoms with Crippen molar-refractivity contribution in [1.29, 1.82) is 0 Å². The quantitative estimate of drug-likeness (QED) is 0.881. The highest BCUT2D eigenvalue weighted by molar-refractivity contribution is 5.66.